The lowest BCUT2D eigenvalue weighted by Gasteiger charge is -2.33. The Morgan fingerprint density at radius 3 is 2.57 bits per heavy atom. The number of ether oxygens (including phenoxy) is 2. The van der Waals surface area contributed by atoms with E-state index in [9.17, 15) is 0 Å². The van der Waals surface area contributed by atoms with Gasteiger partial charge >= 0.3 is 0 Å². The van der Waals surface area contributed by atoms with Crippen LogP contribution in [0.15, 0.2) is 42.5 Å². The summed E-state index contributed by atoms with van der Waals surface area (Å²) in [7, 11) is 1.51. The first-order valence-corrected chi connectivity index (χ1v) is 12.1. The second-order valence-corrected chi connectivity index (χ2v) is 9.79. The van der Waals surface area contributed by atoms with Gasteiger partial charge in [-0.1, -0.05) is 24.3 Å². The Morgan fingerprint density at radius 2 is 1.80 bits per heavy atom. The van der Waals surface area contributed by atoms with Crippen molar-refractivity contribution in [1.82, 2.24) is 9.97 Å². The normalized spacial score (nSPS) is 19.6. The standard InChI is InChI=1S/C27H24ClF2N3O2/c1-34-14-35-18-9-17-4-2-3-5-19(17)20(10-18)23-22(29)11-21-25(24(23)30)31-27(28)32-26(21)33-12-15-6-7-16(8-15)13-33/h2-5,9-11,15-16H,6-8,12-14H2,1H3. The first-order chi connectivity index (χ1) is 17.0. The molecule has 35 heavy (non-hydrogen) atoms. The summed E-state index contributed by atoms with van der Waals surface area (Å²) in [4.78, 5) is 10.7. The molecule has 3 aromatic carbocycles. The number of fused-ring (bicyclic) bond motifs is 4. The Labute approximate surface area is 206 Å². The van der Waals surface area contributed by atoms with E-state index in [-0.39, 0.29) is 23.2 Å². The maximum absolute atomic E-state index is 16.1. The van der Waals surface area contributed by atoms with Crippen molar-refractivity contribution in [3.05, 3.63) is 59.4 Å². The second-order valence-electron chi connectivity index (χ2n) is 9.45. The van der Waals surface area contributed by atoms with E-state index < -0.39 is 11.6 Å². The molecule has 1 saturated heterocycles. The van der Waals surface area contributed by atoms with Gasteiger partial charge in [-0.25, -0.2) is 13.8 Å². The Balaban J connectivity index is 1.55. The van der Waals surface area contributed by atoms with Crippen LogP contribution in [0.2, 0.25) is 5.28 Å². The third-order valence-corrected chi connectivity index (χ3v) is 7.36. The number of hydrogen-bond acceptors (Lipinski definition) is 5. The molecule has 5 nitrogen and oxygen atoms in total. The van der Waals surface area contributed by atoms with E-state index in [1.807, 2.05) is 30.3 Å². The van der Waals surface area contributed by atoms with Crippen LogP contribution in [0.25, 0.3) is 32.8 Å². The molecule has 0 amide bonds. The average molecular weight is 496 g/mol. The number of rotatable bonds is 5. The molecule has 8 heteroatoms. The van der Waals surface area contributed by atoms with Crippen LogP contribution in [-0.4, -0.2) is 37.0 Å². The maximum atomic E-state index is 16.1. The lowest BCUT2D eigenvalue weighted by molar-refractivity contribution is 0.0512. The molecule has 6 rings (SSSR count). The fourth-order valence-corrected chi connectivity index (χ4v) is 5.89. The highest BCUT2D eigenvalue weighted by atomic mass is 35.5. The number of aromatic nitrogens is 2. The SMILES string of the molecule is COCOc1cc(-c2c(F)cc3c(N4CC5CCC(C5)C4)nc(Cl)nc3c2F)c2ccccc2c1. The summed E-state index contributed by atoms with van der Waals surface area (Å²) in [6.07, 6.45) is 3.56. The predicted molar refractivity (Wildman–Crippen MR) is 133 cm³/mol. The molecule has 1 aliphatic carbocycles. The zero-order valence-electron chi connectivity index (χ0n) is 19.2. The van der Waals surface area contributed by atoms with Crippen molar-refractivity contribution in [2.75, 3.05) is 31.9 Å². The van der Waals surface area contributed by atoms with Crippen molar-refractivity contribution in [2.24, 2.45) is 11.8 Å². The molecule has 2 heterocycles. The minimum absolute atomic E-state index is 0.0154. The number of hydrogen-bond donors (Lipinski definition) is 0. The lowest BCUT2D eigenvalue weighted by Crippen LogP contribution is -2.37. The van der Waals surface area contributed by atoms with Gasteiger partial charge in [0.05, 0.1) is 5.56 Å². The molecule has 0 radical (unpaired) electrons. The summed E-state index contributed by atoms with van der Waals surface area (Å²) >= 11 is 6.28. The molecule has 2 fully saturated rings. The lowest BCUT2D eigenvalue weighted by atomic mass is 9.95. The maximum Gasteiger partial charge on any atom is 0.225 e. The monoisotopic (exact) mass is 495 g/mol. The molecule has 0 N–H and O–H groups in total. The summed E-state index contributed by atoms with van der Waals surface area (Å²) in [5.74, 6) is 0.656. The second kappa shape index (κ2) is 8.88. The number of halogens is 3. The smallest absolute Gasteiger partial charge is 0.225 e. The van der Waals surface area contributed by atoms with E-state index in [2.05, 4.69) is 14.9 Å². The Bertz CT molecular complexity index is 1440. The van der Waals surface area contributed by atoms with Crippen LogP contribution >= 0.6 is 11.6 Å². The van der Waals surface area contributed by atoms with Crippen molar-refractivity contribution >= 4 is 39.1 Å². The van der Waals surface area contributed by atoms with E-state index in [0.29, 0.717) is 39.7 Å². The molecule has 180 valence electrons. The molecule has 1 aliphatic heterocycles. The summed E-state index contributed by atoms with van der Waals surface area (Å²) < 4.78 is 42.5. The largest absolute Gasteiger partial charge is 0.468 e. The van der Waals surface area contributed by atoms with Gasteiger partial charge in [-0.3, -0.25) is 0 Å². The number of methoxy groups -OCH3 is 1. The molecule has 4 aromatic rings. The van der Waals surface area contributed by atoms with Crippen LogP contribution < -0.4 is 9.64 Å². The van der Waals surface area contributed by atoms with E-state index >= 15 is 8.78 Å². The van der Waals surface area contributed by atoms with Gasteiger partial charge in [-0.05, 0) is 77.2 Å². The van der Waals surface area contributed by atoms with Gasteiger partial charge in [-0.2, -0.15) is 4.98 Å². The molecule has 1 aromatic heterocycles. The van der Waals surface area contributed by atoms with Gasteiger partial charge in [-0.15, -0.1) is 0 Å². The van der Waals surface area contributed by atoms with Gasteiger partial charge in [0.15, 0.2) is 12.6 Å². The molecule has 1 saturated carbocycles. The van der Waals surface area contributed by atoms with E-state index in [4.69, 9.17) is 21.1 Å². The molecular formula is C27H24ClF2N3O2. The zero-order chi connectivity index (χ0) is 24.1. The van der Waals surface area contributed by atoms with Crippen molar-refractivity contribution in [1.29, 1.82) is 0 Å². The van der Waals surface area contributed by atoms with Crippen LogP contribution in [0.1, 0.15) is 19.3 Å². The summed E-state index contributed by atoms with van der Waals surface area (Å²) in [6.45, 7) is 1.64. The molecular weight excluding hydrogens is 472 g/mol. The van der Waals surface area contributed by atoms with Crippen molar-refractivity contribution in [2.45, 2.75) is 19.3 Å². The van der Waals surface area contributed by atoms with E-state index in [1.54, 1.807) is 6.07 Å². The average Bonchev–Trinajstić information content (AvgIpc) is 3.20. The van der Waals surface area contributed by atoms with Gasteiger partial charge in [0.2, 0.25) is 5.28 Å². The predicted octanol–water partition coefficient (Wildman–Crippen LogP) is 6.60. The van der Waals surface area contributed by atoms with Gasteiger partial charge < -0.3 is 14.4 Å². The first kappa shape index (κ1) is 22.4. The van der Waals surface area contributed by atoms with Crippen LogP contribution in [0.5, 0.6) is 5.75 Å². The minimum Gasteiger partial charge on any atom is -0.468 e. The van der Waals surface area contributed by atoms with Crippen LogP contribution in [0, 0.1) is 23.5 Å². The number of benzene rings is 3. The molecule has 2 atom stereocenters. The Morgan fingerprint density at radius 1 is 1.03 bits per heavy atom. The van der Waals surface area contributed by atoms with E-state index in [1.165, 1.54) is 32.4 Å². The number of piperidine rings is 1. The zero-order valence-corrected chi connectivity index (χ0v) is 20.0. The summed E-state index contributed by atoms with van der Waals surface area (Å²) in [6, 6.07) is 12.2. The molecule has 2 unspecified atom stereocenters. The summed E-state index contributed by atoms with van der Waals surface area (Å²) in [5.41, 5.74) is 0.219. The third-order valence-electron chi connectivity index (χ3n) is 7.19. The highest BCUT2D eigenvalue weighted by molar-refractivity contribution is 6.29. The molecule has 0 spiro atoms. The van der Waals surface area contributed by atoms with Crippen LogP contribution in [0.4, 0.5) is 14.6 Å². The first-order valence-electron chi connectivity index (χ1n) is 11.8. The highest BCUT2D eigenvalue weighted by Gasteiger charge is 2.34. The topological polar surface area (TPSA) is 47.5 Å². The summed E-state index contributed by atoms with van der Waals surface area (Å²) in [5, 5.41) is 1.78. The fraction of sp³-hybridized carbons (Fsp3) is 0.333. The van der Waals surface area contributed by atoms with Gasteiger partial charge in [0, 0.05) is 25.6 Å². The number of anilines is 1. The van der Waals surface area contributed by atoms with Crippen molar-refractivity contribution in [3.63, 3.8) is 0 Å². The van der Waals surface area contributed by atoms with Crippen LogP contribution in [-0.2, 0) is 4.74 Å². The highest BCUT2D eigenvalue weighted by Crippen LogP contribution is 2.42. The Hall–Kier alpha value is -3.03. The minimum atomic E-state index is -0.764. The van der Waals surface area contributed by atoms with Gasteiger partial charge in [0.25, 0.3) is 0 Å². The van der Waals surface area contributed by atoms with Crippen molar-refractivity contribution < 1.29 is 18.3 Å². The fourth-order valence-electron chi connectivity index (χ4n) is 5.72. The third kappa shape index (κ3) is 3.96. The van der Waals surface area contributed by atoms with Crippen LogP contribution in [0.3, 0.4) is 0 Å². The van der Waals surface area contributed by atoms with E-state index in [0.717, 1.165) is 18.5 Å². The number of nitrogens with zero attached hydrogens (tertiary/aromatic N) is 3. The molecule has 2 bridgehead atoms. The van der Waals surface area contributed by atoms with Gasteiger partial charge in [0.1, 0.15) is 22.9 Å². The van der Waals surface area contributed by atoms with Crippen molar-refractivity contribution in [3.8, 4) is 16.9 Å². The Kier molecular flexibility index (Phi) is 5.69. The molecule has 2 aliphatic rings. The quantitative estimate of drug-likeness (QED) is 0.230.